The molecular weight excluding hydrogens is 592 g/mol. The van der Waals surface area contributed by atoms with Crippen molar-refractivity contribution in [3.8, 4) is 17.1 Å². The van der Waals surface area contributed by atoms with Crippen LogP contribution in [0.1, 0.15) is 60.0 Å². The Labute approximate surface area is 256 Å². The predicted molar refractivity (Wildman–Crippen MR) is 163 cm³/mol. The molecule has 0 unspecified atom stereocenters. The third kappa shape index (κ3) is 5.68. The molecule has 43 heavy (non-hydrogen) atoms. The fourth-order valence-electron chi connectivity index (χ4n) is 5.17. The third-order valence-corrected chi connectivity index (χ3v) is 8.33. The second-order valence-corrected chi connectivity index (χ2v) is 11.2. The van der Waals surface area contributed by atoms with Gasteiger partial charge in [-0.2, -0.15) is 0 Å². The molecule has 1 aliphatic heterocycles. The maximum atomic E-state index is 14.1. The van der Waals surface area contributed by atoms with Crippen molar-refractivity contribution in [2.24, 2.45) is 4.99 Å². The highest BCUT2D eigenvalue weighted by Crippen LogP contribution is 2.38. The molecule has 1 atom stereocenters. The molecule has 0 bridgehead atoms. The molecule has 11 heteroatoms. The van der Waals surface area contributed by atoms with Gasteiger partial charge in [0.1, 0.15) is 23.3 Å². The zero-order chi connectivity index (χ0) is 30.8. The van der Waals surface area contributed by atoms with Crippen LogP contribution in [0.25, 0.3) is 17.4 Å². The molecular formula is C32H29ClN2O7S. The van der Waals surface area contributed by atoms with Gasteiger partial charge in [-0.3, -0.25) is 9.36 Å². The molecule has 0 fully saturated rings. The molecule has 1 aliphatic rings. The Bertz CT molecular complexity index is 1950. The number of carbonyl (C=O) groups excluding carboxylic acids is 1. The van der Waals surface area contributed by atoms with Gasteiger partial charge in [0.05, 0.1) is 35.1 Å². The first-order valence-corrected chi connectivity index (χ1v) is 14.9. The summed E-state index contributed by atoms with van der Waals surface area (Å²) in [6.07, 6.45) is 2.83. The van der Waals surface area contributed by atoms with Gasteiger partial charge < -0.3 is 19.0 Å². The van der Waals surface area contributed by atoms with Crippen LogP contribution in [0.4, 0.5) is 0 Å². The lowest BCUT2D eigenvalue weighted by atomic mass is 9.93. The smallest absolute Gasteiger partial charge is 0.338 e. The van der Waals surface area contributed by atoms with Gasteiger partial charge in [-0.05, 0) is 62.2 Å². The van der Waals surface area contributed by atoms with Crippen LogP contribution >= 0.6 is 22.9 Å². The van der Waals surface area contributed by atoms with Crippen LogP contribution < -0.4 is 19.6 Å². The molecule has 0 saturated carbocycles. The van der Waals surface area contributed by atoms with Gasteiger partial charge in [0.25, 0.3) is 5.56 Å². The SMILES string of the molecule is CCCC1=C(C(=O)OCC)[C@H](c2cc(Cl)ccc2OC)n2c(s/c(=C/c3ccc(-c4cccc(C(=O)O)c4C)o3)c2=O)=N1. The largest absolute Gasteiger partial charge is 0.496 e. The second kappa shape index (κ2) is 12.4. The Morgan fingerprint density at radius 1 is 1.19 bits per heavy atom. The summed E-state index contributed by atoms with van der Waals surface area (Å²) in [5, 5.41) is 9.92. The number of nitrogens with zero attached hydrogens (tertiary/aromatic N) is 2. The van der Waals surface area contributed by atoms with E-state index in [1.807, 2.05) is 6.92 Å². The molecule has 0 amide bonds. The summed E-state index contributed by atoms with van der Waals surface area (Å²) in [6, 6.07) is 12.6. The summed E-state index contributed by atoms with van der Waals surface area (Å²) >= 11 is 7.58. The van der Waals surface area contributed by atoms with Crippen LogP contribution in [0.2, 0.25) is 5.02 Å². The second-order valence-electron chi connectivity index (χ2n) is 9.79. The van der Waals surface area contributed by atoms with Crippen molar-refractivity contribution in [2.75, 3.05) is 13.7 Å². The lowest BCUT2D eigenvalue weighted by Gasteiger charge is -2.27. The van der Waals surface area contributed by atoms with Gasteiger partial charge in [-0.15, -0.1) is 0 Å². The van der Waals surface area contributed by atoms with Gasteiger partial charge in [0.2, 0.25) is 0 Å². The van der Waals surface area contributed by atoms with Crippen molar-refractivity contribution in [1.82, 2.24) is 4.57 Å². The maximum Gasteiger partial charge on any atom is 0.338 e. The zero-order valence-electron chi connectivity index (χ0n) is 24.0. The van der Waals surface area contributed by atoms with Crippen molar-refractivity contribution in [3.63, 3.8) is 0 Å². The molecule has 4 aromatic rings. The standard InChI is InChI=1S/C32H29ClN2O7S/c1-5-8-23-27(31(39)41-6-2)28(22-15-18(33)11-13-24(22)40-4)35-29(36)26(43-32(35)34-23)16-19-12-14-25(42-19)20-9-7-10-21(17(20)3)30(37)38/h7,9-16,28H,5-6,8H2,1-4H3,(H,37,38)/b26-16+/t28-/m0/s1. The van der Waals surface area contributed by atoms with E-state index in [2.05, 4.69) is 0 Å². The van der Waals surface area contributed by atoms with Crippen molar-refractivity contribution < 1.29 is 28.6 Å². The molecule has 0 spiro atoms. The van der Waals surface area contributed by atoms with E-state index in [-0.39, 0.29) is 23.3 Å². The Balaban J connectivity index is 1.70. The first-order valence-electron chi connectivity index (χ1n) is 13.7. The van der Waals surface area contributed by atoms with Crippen LogP contribution in [-0.4, -0.2) is 35.3 Å². The molecule has 0 radical (unpaired) electrons. The predicted octanol–water partition coefficient (Wildman–Crippen LogP) is 5.51. The average molecular weight is 621 g/mol. The van der Waals surface area contributed by atoms with E-state index in [0.29, 0.717) is 66.9 Å². The number of methoxy groups -OCH3 is 1. The summed E-state index contributed by atoms with van der Waals surface area (Å²) in [5.74, 6) is -0.266. The van der Waals surface area contributed by atoms with E-state index < -0.39 is 18.0 Å². The van der Waals surface area contributed by atoms with Crippen LogP contribution in [0, 0.1) is 6.92 Å². The lowest BCUT2D eigenvalue weighted by Crippen LogP contribution is -2.40. The number of carbonyl (C=O) groups is 2. The molecule has 222 valence electrons. The highest BCUT2D eigenvalue weighted by atomic mass is 35.5. The highest BCUT2D eigenvalue weighted by Gasteiger charge is 2.36. The third-order valence-electron chi connectivity index (χ3n) is 7.11. The van der Waals surface area contributed by atoms with E-state index in [1.54, 1.807) is 62.4 Å². The minimum absolute atomic E-state index is 0.154. The number of benzene rings is 2. The Morgan fingerprint density at radius 2 is 1.98 bits per heavy atom. The number of ether oxygens (including phenoxy) is 2. The molecule has 3 heterocycles. The number of thiazole rings is 1. The summed E-state index contributed by atoms with van der Waals surface area (Å²) in [7, 11) is 1.51. The highest BCUT2D eigenvalue weighted by molar-refractivity contribution is 7.07. The lowest BCUT2D eigenvalue weighted by molar-refractivity contribution is -0.139. The molecule has 9 nitrogen and oxygen atoms in total. The van der Waals surface area contributed by atoms with Crippen molar-refractivity contribution >= 4 is 41.0 Å². The number of halogens is 1. The number of esters is 1. The monoisotopic (exact) mass is 620 g/mol. The normalized spacial score (nSPS) is 14.8. The summed E-state index contributed by atoms with van der Waals surface area (Å²) in [4.78, 5) is 44.3. The number of aromatic carboxylic acids is 1. The van der Waals surface area contributed by atoms with E-state index in [1.165, 1.54) is 29.1 Å². The summed E-state index contributed by atoms with van der Waals surface area (Å²) in [6.45, 7) is 5.58. The fourth-order valence-corrected chi connectivity index (χ4v) is 6.35. The van der Waals surface area contributed by atoms with Crippen molar-refractivity contribution in [1.29, 1.82) is 0 Å². The van der Waals surface area contributed by atoms with Gasteiger partial charge in [0.15, 0.2) is 4.80 Å². The molecule has 0 aliphatic carbocycles. The zero-order valence-corrected chi connectivity index (χ0v) is 25.5. The maximum absolute atomic E-state index is 14.1. The molecule has 2 aromatic heterocycles. The minimum Gasteiger partial charge on any atom is -0.496 e. The number of aromatic nitrogens is 1. The van der Waals surface area contributed by atoms with Crippen LogP contribution in [-0.2, 0) is 9.53 Å². The molecule has 0 saturated heterocycles. The van der Waals surface area contributed by atoms with Crippen LogP contribution in [0.15, 0.2) is 74.0 Å². The number of hydrogen-bond acceptors (Lipinski definition) is 8. The number of carboxylic acids is 1. The van der Waals surface area contributed by atoms with E-state index in [0.717, 1.165) is 0 Å². The number of furan rings is 1. The van der Waals surface area contributed by atoms with Gasteiger partial charge in [-0.25, -0.2) is 14.6 Å². The number of allylic oxidation sites excluding steroid dienone is 1. The Hall–Kier alpha value is -4.41. The number of carboxylic acid groups (broad SMARTS) is 1. The summed E-state index contributed by atoms with van der Waals surface area (Å²) < 4.78 is 18.9. The molecule has 2 aromatic carbocycles. The van der Waals surface area contributed by atoms with Gasteiger partial charge in [0, 0.05) is 22.2 Å². The molecule has 1 N–H and O–H groups in total. The number of rotatable bonds is 9. The van der Waals surface area contributed by atoms with E-state index >= 15 is 0 Å². The Kier molecular flexibility index (Phi) is 8.70. The van der Waals surface area contributed by atoms with E-state index in [9.17, 15) is 19.5 Å². The fraction of sp³-hybridized carbons (Fsp3) is 0.250. The minimum atomic E-state index is -1.03. The summed E-state index contributed by atoms with van der Waals surface area (Å²) in [5.41, 5.74) is 2.34. The first-order chi connectivity index (χ1) is 20.7. The number of hydrogen-bond donors (Lipinski definition) is 1. The average Bonchev–Trinajstić information content (AvgIpc) is 3.56. The van der Waals surface area contributed by atoms with Gasteiger partial charge >= 0.3 is 11.9 Å². The van der Waals surface area contributed by atoms with Crippen LogP contribution in [0.5, 0.6) is 5.75 Å². The van der Waals surface area contributed by atoms with Gasteiger partial charge in [-0.1, -0.05) is 48.4 Å². The van der Waals surface area contributed by atoms with Crippen molar-refractivity contribution in [2.45, 2.75) is 39.7 Å². The van der Waals surface area contributed by atoms with E-state index in [4.69, 9.17) is 30.5 Å². The van der Waals surface area contributed by atoms with Crippen molar-refractivity contribution in [3.05, 3.63) is 107 Å². The molecule has 5 rings (SSSR count). The number of fused-ring (bicyclic) bond motifs is 1. The first kappa shape index (κ1) is 30.1. The Morgan fingerprint density at radius 3 is 2.67 bits per heavy atom. The quantitative estimate of drug-likeness (QED) is 0.245. The van der Waals surface area contributed by atoms with Crippen LogP contribution in [0.3, 0.4) is 0 Å². The topological polar surface area (TPSA) is 120 Å².